The molecule has 2 aromatic carbocycles. The summed E-state index contributed by atoms with van der Waals surface area (Å²) in [4.78, 5) is 12.4. The molecule has 0 bridgehead atoms. The summed E-state index contributed by atoms with van der Waals surface area (Å²) in [6.45, 7) is 0.374. The number of rotatable bonds is 5. The van der Waals surface area contributed by atoms with Gasteiger partial charge in [-0.25, -0.2) is 0 Å². The Morgan fingerprint density at radius 1 is 1.24 bits per heavy atom. The van der Waals surface area contributed by atoms with Crippen LogP contribution in [0.3, 0.4) is 0 Å². The predicted octanol–water partition coefficient (Wildman–Crippen LogP) is 4.37. The average Bonchev–Trinajstić information content (AvgIpc) is 2.92. The zero-order valence-electron chi connectivity index (χ0n) is 13.2. The molecule has 0 unspecified atom stereocenters. The monoisotopic (exact) mass is 483 g/mol. The summed E-state index contributed by atoms with van der Waals surface area (Å²) in [5.74, 6) is 1.37. The summed E-state index contributed by atoms with van der Waals surface area (Å²) in [7, 11) is 1.63. The maximum atomic E-state index is 11.8. The van der Waals surface area contributed by atoms with Gasteiger partial charge in [0.1, 0.15) is 22.4 Å². The molecule has 7 heteroatoms. The number of methoxy groups -OCH3 is 1. The van der Waals surface area contributed by atoms with Gasteiger partial charge in [-0.3, -0.25) is 4.79 Å². The van der Waals surface area contributed by atoms with Gasteiger partial charge >= 0.3 is 0 Å². The van der Waals surface area contributed by atoms with Gasteiger partial charge in [0.25, 0.3) is 5.91 Å². The maximum Gasteiger partial charge on any atom is 0.263 e. The molecule has 25 heavy (non-hydrogen) atoms. The first-order valence-corrected chi connectivity index (χ1v) is 9.65. The van der Waals surface area contributed by atoms with Gasteiger partial charge in [-0.15, -0.1) is 0 Å². The van der Waals surface area contributed by atoms with Gasteiger partial charge in [0.15, 0.2) is 0 Å². The van der Waals surface area contributed by atoms with Gasteiger partial charge in [0.05, 0.1) is 12.0 Å². The summed E-state index contributed by atoms with van der Waals surface area (Å²) in [6, 6.07) is 13.6. The number of thioether (sulfide) groups is 1. The number of benzene rings is 2. The molecule has 1 aliphatic heterocycles. The van der Waals surface area contributed by atoms with Crippen molar-refractivity contribution in [2.45, 2.75) is 6.61 Å². The molecule has 128 valence electrons. The average molecular weight is 483 g/mol. The van der Waals surface area contributed by atoms with Gasteiger partial charge in [-0.1, -0.05) is 30.0 Å². The molecule has 3 rings (SSSR count). The quantitative estimate of drug-likeness (QED) is 0.389. The largest absolute Gasteiger partial charge is 0.496 e. The first-order chi connectivity index (χ1) is 12.0. The number of ether oxygens (including phenoxy) is 2. The molecule has 1 heterocycles. The highest BCUT2D eigenvalue weighted by Crippen LogP contribution is 2.28. The molecule has 0 radical (unpaired) electrons. The van der Waals surface area contributed by atoms with Crippen LogP contribution in [0.15, 0.2) is 47.4 Å². The molecule has 1 aliphatic rings. The highest BCUT2D eigenvalue weighted by molar-refractivity contribution is 14.1. The lowest BCUT2D eigenvalue weighted by Gasteiger charge is -2.11. The van der Waals surface area contributed by atoms with Crippen molar-refractivity contribution >= 4 is 62.9 Å². The van der Waals surface area contributed by atoms with Crippen molar-refractivity contribution in [1.29, 1.82) is 0 Å². The van der Waals surface area contributed by atoms with Crippen LogP contribution in [0.4, 0.5) is 0 Å². The number of carbonyl (C=O) groups is 1. The summed E-state index contributed by atoms with van der Waals surface area (Å²) in [5.41, 5.74) is 1.80. The summed E-state index contributed by atoms with van der Waals surface area (Å²) >= 11 is 8.53. The number of halogens is 1. The Balaban J connectivity index is 1.80. The van der Waals surface area contributed by atoms with Crippen molar-refractivity contribution in [2.24, 2.45) is 0 Å². The Morgan fingerprint density at radius 3 is 2.64 bits per heavy atom. The van der Waals surface area contributed by atoms with Gasteiger partial charge < -0.3 is 14.8 Å². The minimum atomic E-state index is -0.164. The lowest BCUT2D eigenvalue weighted by Crippen LogP contribution is -2.17. The van der Waals surface area contributed by atoms with E-state index >= 15 is 0 Å². The topological polar surface area (TPSA) is 47.6 Å². The summed E-state index contributed by atoms with van der Waals surface area (Å²) in [6.07, 6.45) is 1.81. The molecular formula is C18H14INO3S2. The fourth-order valence-corrected chi connectivity index (χ4v) is 3.67. The molecular weight excluding hydrogens is 469 g/mol. The zero-order valence-corrected chi connectivity index (χ0v) is 17.0. The molecule has 1 fully saturated rings. The zero-order chi connectivity index (χ0) is 17.8. The minimum absolute atomic E-state index is 0.164. The van der Waals surface area contributed by atoms with Crippen molar-refractivity contribution in [3.8, 4) is 11.5 Å². The maximum absolute atomic E-state index is 11.8. The second-order valence-electron chi connectivity index (χ2n) is 5.17. The fraction of sp³-hybridized carbons (Fsp3) is 0.111. The SMILES string of the molecule is COc1ccc(/C=C2/SC(=S)NC2=O)cc1COc1ccc(I)cc1. The van der Waals surface area contributed by atoms with E-state index < -0.39 is 0 Å². The number of amides is 1. The first kappa shape index (κ1) is 18.2. The molecule has 2 aromatic rings. The third-order valence-electron chi connectivity index (χ3n) is 3.45. The highest BCUT2D eigenvalue weighted by Gasteiger charge is 2.22. The molecule has 0 spiro atoms. The number of hydrogen-bond donors (Lipinski definition) is 1. The van der Waals surface area contributed by atoms with Crippen molar-refractivity contribution in [3.05, 3.63) is 62.1 Å². The Kier molecular flexibility index (Phi) is 5.98. The van der Waals surface area contributed by atoms with Gasteiger partial charge in [0.2, 0.25) is 0 Å². The van der Waals surface area contributed by atoms with E-state index in [0.29, 0.717) is 15.8 Å². The lowest BCUT2D eigenvalue weighted by molar-refractivity contribution is -0.115. The van der Waals surface area contributed by atoms with Crippen molar-refractivity contribution < 1.29 is 14.3 Å². The number of nitrogens with one attached hydrogen (secondary N) is 1. The molecule has 4 nitrogen and oxygen atoms in total. The molecule has 0 aliphatic carbocycles. The van der Waals surface area contributed by atoms with E-state index in [9.17, 15) is 4.79 Å². The molecule has 1 amide bonds. The van der Waals surface area contributed by atoms with Crippen LogP contribution in [0.2, 0.25) is 0 Å². The normalized spacial score (nSPS) is 15.4. The van der Waals surface area contributed by atoms with E-state index in [4.69, 9.17) is 21.7 Å². The predicted molar refractivity (Wildman–Crippen MR) is 113 cm³/mol. The van der Waals surface area contributed by atoms with E-state index in [-0.39, 0.29) is 5.91 Å². The van der Waals surface area contributed by atoms with Crippen LogP contribution in [-0.2, 0) is 11.4 Å². The van der Waals surface area contributed by atoms with Crippen molar-refractivity contribution in [2.75, 3.05) is 7.11 Å². The molecule has 0 aromatic heterocycles. The third-order valence-corrected chi connectivity index (χ3v) is 5.33. The second-order valence-corrected chi connectivity index (χ2v) is 8.13. The minimum Gasteiger partial charge on any atom is -0.496 e. The number of thiocarbonyl (C=S) groups is 1. The Morgan fingerprint density at radius 2 is 2.00 bits per heavy atom. The molecule has 1 N–H and O–H groups in total. The smallest absolute Gasteiger partial charge is 0.263 e. The van der Waals surface area contributed by atoms with Gasteiger partial charge in [-0.05, 0) is 70.6 Å². The first-order valence-electron chi connectivity index (χ1n) is 7.35. The standard InChI is InChI=1S/C18H14INO3S2/c1-22-15-7-2-11(9-16-17(21)20-18(24)25-16)8-12(15)10-23-14-5-3-13(19)4-6-14/h2-9H,10H2,1H3,(H,20,21,24)/b16-9+. The summed E-state index contributed by atoms with van der Waals surface area (Å²) < 4.78 is 12.9. The lowest BCUT2D eigenvalue weighted by atomic mass is 10.1. The summed E-state index contributed by atoms with van der Waals surface area (Å²) in [5, 5.41) is 2.61. The fourth-order valence-electron chi connectivity index (χ4n) is 2.27. The van der Waals surface area contributed by atoms with Crippen LogP contribution in [0, 0.1) is 3.57 Å². The second kappa shape index (κ2) is 8.20. The highest BCUT2D eigenvalue weighted by atomic mass is 127. The Hall–Kier alpha value is -1.58. The van der Waals surface area contributed by atoms with E-state index in [1.807, 2.05) is 48.5 Å². The molecule has 0 atom stereocenters. The number of hydrogen-bond acceptors (Lipinski definition) is 5. The van der Waals surface area contributed by atoms with Crippen LogP contribution in [-0.4, -0.2) is 17.3 Å². The Labute approximate surface area is 169 Å². The van der Waals surface area contributed by atoms with Crippen molar-refractivity contribution in [1.82, 2.24) is 5.32 Å². The van der Waals surface area contributed by atoms with Crippen molar-refractivity contribution in [3.63, 3.8) is 0 Å². The number of carbonyl (C=O) groups excluding carboxylic acids is 1. The van der Waals surface area contributed by atoms with Crippen LogP contribution in [0.5, 0.6) is 11.5 Å². The van der Waals surface area contributed by atoms with Gasteiger partial charge in [0, 0.05) is 9.13 Å². The van der Waals surface area contributed by atoms with Crippen LogP contribution >= 0.6 is 46.6 Å². The van der Waals surface area contributed by atoms with Crippen LogP contribution in [0.25, 0.3) is 6.08 Å². The molecule has 1 saturated heterocycles. The van der Waals surface area contributed by atoms with Crippen LogP contribution in [0.1, 0.15) is 11.1 Å². The third kappa shape index (κ3) is 4.74. The molecule has 0 saturated carbocycles. The van der Waals surface area contributed by atoms with E-state index in [1.54, 1.807) is 7.11 Å². The van der Waals surface area contributed by atoms with E-state index in [2.05, 4.69) is 27.9 Å². The van der Waals surface area contributed by atoms with Gasteiger partial charge in [-0.2, -0.15) is 0 Å². The van der Waals surface area contributed by atoms with Crippen LogP contribution < -0.4 is 14.8 Å². The Bertz CT molecular complexity index is 850. The van der Waals surface area contributed by atoms with E-state index in [0.717, 1.165) is 26.2 Å². The van der Waals surface area contributed by atoms with E-state index in [1.165, 1.54) is 11.8 Å².